The molecular formula is C20H17Cl2N5O5. The van der Waals surface area contributed by atoms with Crippen LogP contribution in [0.5, 0.6) is 5.75 Å². The summed E-state index contributed by atoms with van der Waals surface area (Å²) in [6, 6.07) is 10.6. The Morgan fingerprint density at radius 3 is 2.41 bits per heavy atom. The number of halogens is 2. The third kappa shape index (κ3) is 6.13. The third-order valence-corrected chi connectivity index (χ3v) is 4.80. The summed E-state index contributed by atoms with van der Waals surface area (Å²) in [7, 11) is 0. The third-order valence-electron chi connectivity index (χ3n) is 4.06. The zero-order chi connectivity index (χ0) is 23.3. The predicted molar refractivity (Wildman–Crippen MR) is 119 cm³/mol. The summed E-state index contributed by atoms with van der Waals surface area (Å²) < 4.78 is 5.08. The van der Waals surface area contributed by atoms with Crippen LogP contribution >= 0.6 is 23.2 Å². The fraction of sp³-hybridized carbons (Fsp3) is 0.100. The van der Waals surface area contributed by atoms with Crippen molar-refractivity contribution in [2.75, 3.05) is 17.2 Å². The van der Waals surface area contributed by atoms with Crippen molar-refractivity contribution in [2.45, 2.75) is 6.42 Å². The number of nitrogens with zero attached hydrogens (tertiary/aromatic N) is 1. The number of hydrogen-bond donors (Lipinski definition) is 5. The standard InChI is InChI=1S/C20H17Cl2N5O5/c21-13-6-3-11(8-14(13)22)24-20(31)27-19-17(18(23)30)25-15(26-19)7-10-1-4-12(5-2-10)32-9-16(28)29/h1-6,8H,7,9H2,(H2,23,30)(H,25,26)(H,28,29)(H2,24,27,31). The van der Waals surface area contributed by atoms with Gasteiger partial charge in [-0.2, -0.15) is 0 Å². The Bertz CT molecular complexity index is 1160. The number of amides is 3. The molecule has 0 unspecified atom stereocenters. The van der Waals surface area contributed by atoms with Crippen molar-refractivity contribution in [1.29, 1.82) is 0 Å². The van der Waals surface area contributed by atoms with Crippen molar-refractivity contribution in [2.24, 2.45) is 5.73 Å². The molecule has 1 aromatic heterocycles. The van der Waals surface area contributed by atoms with Crippen LogP contribution in [0.2, 0.25) is 10.0 Å². The van der Waals surface area contributed by atoms with Gasteiger partial charge in [0.05, 0.1) is 10.0 Å². The van der Waals surface area contributed by atoms with Crippen LogP contribution in [-0.4, -0.2) is 39.6 Å². The molecule has 2 aromatic carbocycles. The second kappa shape index (κ2) is 10.0. The number of hydrogen-bond acceptors (Lipinski definition) is 5. The van der Waals surface area contributed by atoms with Crippen LogP contribution in [0, 0.1) is 0 Å². The van der Waals surface area contributed by atoms with Crippen molar-refractivity contribution in [3.8, 4) is 5.75 Å². The number of nitrogens with one attached hydrogen (secondary N) is 3. The van der Waals surface area contributed by atoms with Crippen LogP contribution in [0.3, 0.4) is 0 Å². The number of ether oxygens (including phenoxy) is 1. The molecule has 3 amide bonds. The van der Waals surface area contributed by atoms with E-state index in [0.717, 1.165) is 5.56 Å². The van der Waals surface area contributed by atoms with Crippen LogP contribution in [-0.2, 0) is 11.2 Å². The zero-order valence-electron chi connectivity index (χ0n) is 16.3. The minimum absolute atomic E-state index is 0.0338. The minimum atomic E-state index is -1.08. The van der Waals surface area contributed by atoms with Gasteiger partial charge in [-0.1, -0.05) is 35.3 Å². The Morgan fingerprint density at radius 1 is 1.06 bits per heavy atom. The highest BCUT2D eigenvalue weighted by atomic mass is 35.5. The quantitative estimate of drug-likeness (QED) is 0.333. The minimum Gasteiger partial charge on any atom is -0.482 e. The van der Waals surface area contributed by atoms with Crippen molar-refractivity contribution >= 4 is 52.6 Å². The van der Waals surface area contributed by atoms with E-state index >= 15 is 0 Å². The van der Waals surface area contributed by atoms with Crippen molar-refractivity contribution in [3.05, 3.63) is 69.6 Å². The first kappa shape index (κ1) is 22.9. The number of carbonyl (C=O) groups is 3. The van der Waals surface area contributed by atoms with Crippen molar-refractivity contribution < 1.29 is 24.2 Å². The van der Waals surface area contributed by atoms with E-state index in [1.165, 1.54) is 12.1 Å². The first-order valence-electron chi connectivity index (χ1n) is 9.06. The number of urea groups is 1. The number of aromatic nitrogens is 2. The SMILES string of the molecule is NC(=O)c1nc(Cc2ccc(OCC(=O)O)cc2)[nH]c1NC(=O)Nc1ccc(Cl)c(Cl)c1. The highest BCUT2D eigenvalue weighted by Gasteiger charge is 2.18. The van der Waals surface area contributed by atoms with Gasteiger partial charge in [0.1, 0.15) is 17.4 Å². The molecule has 3 aromatic rings. The molecule has 0 bridgehead atoms. The molecule has 3 rings (SSSR count). The second-order valence-electron chi connectivity index (χ2n) is 6.48. The molecule has 1 heterocycles. The van der Waals surface area contributed by atoms with E-state index in [9.17, 15) is 14.4 Å². The molecule has 0 saturated carbocycles. The van der Waals surface area contributed by atoms with Crippen LogP contribution in [0.15, 0.2) is 42.5 Å². The number of nitrogens with two attached hydrogens (primary N) is 1. The van der Waals surface area contributed by atoms with Crippen molar-refractivity contribution in [1.82, 2.24) is 9.97 Å². The number of carbonyl (C=O) groups excluding carboxylic acids is 2. The number of H-pyrrole nitrogens is 1. The van der Waals surface area contributed by atoms with E-state index in [2.05, 4.69) is 20.6 Å². The van der Waals surface area contributed by atoms with Gasteiger partial charge in [-0.3, -0.25) is 10.1 Å². The maximum absolute atomic E-state index is 12.3. The van der Waals surface area contributed by atoms with Gasteiger partial charge in [-0.25, -0.2) is 14.6 Å². The molecule has 0 saturated heterocycles. The van der Waals surface area contributed by atoms with E-state index < -0.39 is 24.5 Å². The molecule has 0 aliphatic rings. The summed E-state index contributed by atoms with van der Waals surface area (Å²) in [5, 5.41) is 14.3. The smallest absolute Gasteiger partial charge is 0.341 e. The average Bonchev–Trinajstić information content (AvgIpc) is 3.12. The van der Waals surface area contributed by atoms with E-state index in [-0.39, 0.29) is 23.0 Å². The molecule has 32 heavy (non-hydrogen) atoms. The van der Waals surface area contributed by atoms with Crippen LogP contribution in [0.25, 0.3) is 0 Å². The molecule has 6 N–H and O–H groups in total. The molecular weight excluding hydrogens is 461 g/mol. The lowest BCUT2D eigenvalue weighted by atomic mass is 10.1. The lowest BCUT2D eigenvalue weighted by Crippen LogP contribution is -2.22. The maximum Gasteiger partial charge on any atom is 0.341 e. The van der Waals surface area contributed by atoms with Gasteiger partial charge in [0.15, 0.2) is 12.3 Å². The summed E-state index contributed by atoms with van der Waals surface area (Å²) >= 11 is 11.8. The predicted octanol–water partition coefficient (Wildman–Crippen LogP) is 3.51. The van der Waals surface area contributed by atoms with Gasteiger partial charge in [0.2, 0.25) is 0 Å². The van der Waals surface area contributed by atoms with Gasteiger partial charge < -0.3 is 25.9 Å². The molecule has 10 nitrogen and oxygen atoms in total. The fourth-order valence-electron chi connectivity index (χ4n) is 2.67. The Kier molecular flexibility index (Phi) is 7.18. The molecule has 0 aliphatic heterocycles. The van der Waals surface area contributed by atoms with Gasteiger partial charge in [0, 0.05) is 12.1 Å². The molecule has 0 spiro atoms. The first-order valence-corrected chi connectivity index (χ1v) is 9.82. The van der Waals surface area contributed by atoms with Gasteiger partial charge >= 0.3 is 12.0 Å². The number of primary amides is 1. The number of aliphatic carboxylic acids is 1. The monoisotopic (exact) mass is 477 g/mol. The number of carboxylic acid groups (broad SMARTS) is 1. The van der Waals surface area contributed by atoms with E-state index in [1.54, 1.807) is 30.3 Å². The first-order chi connectivity index (χ1) is 15.2. The van der Waals surface area contributed by atoms with Crippen LogP contribution in [0.1, 0.15) is 21.9 Å². The van der Waals surface area contributed by atoms with Gasteiger partial charge in [-0.15, -0.1) is 0 Å². The number of anilines is 2. The summed E-state index contributed by atoms with van der Waals surface area (Å²) in [6.45, 7) is -0.446. The molecule has 166 valence electrons. The normalized spacial score (nSPS) is 10.4. The lowest BCUT2D eigenvalue weighted by Gasteiger charge is -2.07. The number of carboxylic acids is 1. The van der Waals surface area contributed by atoms with E-state index in [1.807, 2.05) is 0 Å². The van der Waals surface area contributed by atoms with Gasteiger partial charge in [0.25, 0.3) is 5.91 Å². The summed E-state index contributed by atoms with van der Waals surface area (Å²) in [6.07, 6.45) is 0.287. The summed E-state index contributed by atoms with van der Waals surface area (Å²) in [5.41, 5.74) is 6.43. The zero-order valence-corrected chi connectivity index (χ0v) is 17.8. The lowest BCUT2D eigenvalue weighted by molar-refractivity contribution is -0.139. The summed E-state index contributed by atoms with van der Waals surface area (Å²) in [4.78, 5) is 41.6. The molecule has 0 radical (unpaired) electrons. The van der Waals surface area contributed by atoms with Crippen LogP contribution < -0.4 is 21.1 Å². The summed E-state index contributed by atoms with van der Waals surface area (Å²) in [5.74, 6) is -1.09. The van der Waals surface area contributed by atoms with Crippen molar-refractivity contribution in [3.63, 3.8) is 0 Å². The topological polar surface area (TPSA) is 159 Å². The number of benzene rings is 2. The maximum atomic E-state index is 12.3. The highest BCUT2D eigenvalue weighted by molar-refractivity contribution is 6.42. The number of imidazole rings is 1. The number of rotatable bonds is 8. The molecule has 0 fully saturated rings. The van der Waals surface area contributed by atoms with Gasteiger partial charge in [-0.05, 0) is 35.9 Å². The molecule has 0 aliphatic carbocycles. The Balaban J connectivity index is 1.69. The Labute approximate surface area is 191 Å². The number of aromatic amines is 1. The molecule has 12 heteroatoms. The fourth-order valence-corrected chi connectivity index (χ4v) is 2.96. The highest BCUT2D eigenvalue weighted by Crippen LogP contribution is 2.25. The Morgan fingerprint density at radius 2 is 1.78 bits per heavy atom. The van der Waals surface area contributed by atoms with E-state index in [0.29, 0.717) is 22.3 Å². The Hall–Kier alpha value is -3.76. The molecule has 0 atom stereocenters. The van der Waals surface area contributed by atoms with Crippen LogP contribution in [0.4, 0.5) is 16.3 Å². The largest absolute Gasteiger partial charge is 0.482 e. The second-order valence-corrected chi connectivity index (χ2v) is 7.30. The van der Waals surface area contributed by atoms with E-state index in [4.69, 9.17) is 38.8 Å². The average molecular weight is 478 g/mol.